The average molecular weight is 385 g/mol. The molecule has 1 N–H and O–H groups in total. The lowest BCUT2D eigenvalue weighted by Gasteiger charge is -2.34. The monoisotopic (exact) mass is 385 g/mol. The van der Waals surface area contributed by atoms with Gasteiger partial charge in [0, 0.05) is 19.2 Å². The third-order valence-corrected chi connectivity index (χ3v) is 4.44. The molecule has 1 aliphatic rings. The first-order valence-corrected chi connectivity index (χ1v) is 9.21. The summed E-state index contributed by atoms with van der Waals surface area (Å²) >= 11 is 0. The molecule has 0 spiro atoms. The van der Waals surface area contributed by atoms with Gasteiger partial charge in [-0.05, 0) is 24.6 Å². The Morgan fingerprint density at radius 3 is 2.68 bits per heavy atom. The maximum atomic E-state index is 13.2. The fourth-order valence-electron chi connectivity index (χ4n) is 3.14. The molecular weight excluding hydrogens is 361 g/mol. The predicted molar refractivity (Wildman–Crippen MR) is 105 cm³/mol. The highest BCUT2D eigenvalue weighted by molar-refractivity contribution is 5.90. The standard InChI is InChI=1S/C21H24FN3O3/c1-16(23-24-20(26)15-28-19-9-5-8-18(22)14-19)21(17-6-3-2-4-7-17)25-10-12-27-13-11-25/h2-9,14,21H,10-13,15H2,1H3,(H,24,26)/b23-16-/t21-/m1/s1. The number of hydrazone groups is 1. The summed E-state index contributed by atoms with van der Waals surface area (Å²) in [6.45, 7) is 4.58. The number of benzene rings is 2. The summed E-state index contributed by atoms with van der Waals surface area (Å²) in [5, 5.41) is 4.29. The van der Waals surface area contributed by atoms with E-state index in [4.69, 9.17) is 9.47 Å². The maximum Gasteiger partial charge on any atom is 0.277 e. The van der Waals surface area contributed by atoms with Crippen molar-refractivity contribution in [1.82, 2.24) is 10.3 Å². The van der Waals surface area contributed by atoms with Gasteiger partial charge in [-0.3, -0.25) is 9.69 Å². The Morgan fingerprint density at radius 1 is 1.21 bits per heavy atom. The minimum atomic E-state index is -0.414. The van der Waals surface area contributed by atoms with Crippen molar-refractivity contribution in [3.63, 3.8) is 0 Å². The normalized spacial score (nSPS) is 16.4. The molecule has 1 aliphatic heterocycles. The molecule has 1 heterocycles. The van der Waals surface area contributed by atoms with Crippen molar-refractivity contribution >= 4 is 11.6 Å². The number of hydrogen-bond donors (Lipinski definition) is 1. The Balaban J connectivity index is 1.63. The summed E-state index contributed by atoms with van der Waals surface area (Å²) in [6.07, 6.45) is 0. The van der Waals surface area contributed by atoms with Gasteiger partial charge in [-0.15, -0.1) is 0 Å². The van der Waals surface area contributed by atoms with Crippen molar-refractivity contribution in [3.05, 3.63) is 66.0 Å². The SMILES string of the molecule is C/C(=N/NC(=O)COc1cccc(F)c1)[C@H](c1ccccc1)N1CCOCC1. The van der Waals surface area contributed by atoms with E-state index in [2.05, 4.69) is 15.4 Å². The third-order valence-electron chi connectivity index (χ3n) is 4.44. The molecule has 0 aromatic heterocycles. The number of carbonyl (C=O) groups is 1. The molecule has 1 amide bonds. The van der Waals surface area contributed by atoms with Crippen molar-refractivity contribution in [1.29, 1.82) is 0 Å². The first-order valence-electron chi connectivity index (χ1n) is 9.21. The van der Waals surface area contributed by atoms with Gasteiger partial charge in [0.1, 0.15) is 11.6 Å². The van der Waals surface area contributed by atoms with Gasteiger partial charge in [0.05, 0.1) is 25.0 Å². The highest BCUT2D eigenvalue weighted by Gasteiger charge is 2.25. The van der Waals surface area contributed by atoms with E-state index in [9.17, 15) is 9.18 Å². The second-order valence-corrected chi connectivity index (χ2v) is 6.50. The van der Waals surface area contributed by atoms with Crippen LogP contribution in [0.2, 0.25) is 0 Å². The number of rotatable bonds is 7. The molecule has 2 aromatic carbocycles. The molecule has 1 fully saturated rings. The van der Waals surface area contributed by atoms with Crippen LogP contribution in [-0.4, -0.2) is 49.4 Å². The number of morpholine rings is 1. The van der Waals surface area contributed by atoms with Crippen LogP contribution >= 0.6 is 0 Å². The van der Waals surface area contributed by atoms with Gasteiger partial charge in [-0.25, -0.2) is 9.82 Å². The number of carbonyl (C=O) groups excluding carboxylic acids is 1. The van der Waals surface area contributed by atoms with E-state index in [-0.39, 0.29) is 12.6 Å². The van der Waals surface area contributed by atoms with Crippen LogP contribution in [0.3, 0.4) is 0 Å². The maximum absolute atomic E-state index is 13.2. The van der Waals surface area contributed by atoms with Gasteiger partial charge >= 0.3 is 0 Å². The van der Waals surface area contributed by atoms with Crippen LogP contribution in [0, 0.1) is 5.82 Å². The lowest BCUT2D eigenvalue weighted by Crippen LogP contribution is -2.42. The van der Waals surface area contributed by atoms with Crippen LogP contribution in [0.15, 0.2) is 59.7 Å². The van der Waals surface area contributed by atoms with Gasteiger partial charge in [-0.2, -0.15) is 5.10 Å². The van der Waals surface area contributed by atoms with Crippen LogP contribution in [0.1, 0.15) is 18.5 Å². The molecule has 6 nitrogen and oxygen atoms in total. The molecule has 3 rings (SSSR count). The minimum absolute atomic E-state index is 0.0467. The van der Waals surface area contributed by atoms with Crippen LogP contribution < -0.4 is 10.2 Å². The van der Waals surface area contributed by atoms with Crippen molar-refractivity contribution < 1.29 is 18.7 Å². The second-order valence-electron chi connectivity index (χ2n) is 6.50. The molecule has 1 saturated heterocycles. The van der Waals surface area contributed by atoms with E-state index in [1.54, 1.807) is 6.07 Å². The molecule has 0 bridgehead atoms. The largest absolute Gasteiger partial charge is 0.484 e. The molecule has 0 unspecified atom stereocenters. The Bertz CT molecular complexity index is 808. The molecule has 7 heteroatoms. The average Bonchev–Trinajstić information content (AvgIpc) is 2.72. The number of amides is 1. The lowest BCUT2D eigenvalue weighted by molar-refractivity contribution is -0.123. The second kappa shape index (κ2) is 9.96. The molecule has 148 valence electrons. The number of nitrogens with one attached hydrogen (secondary N) is 1. The quantitative estimate of drug-likeness (QED) is 0.588. The fraction of sp³-hybridized carbons (Fsp3) is 0.333. The minimum Gasteiger partial charge on any atom is -0.484 e. The van der Waals surface area contributed by atoms with Crippen LogP contribution in [0.5, 0.6) is 5.75 Å². The highest BCUT2D eigenvalue weighted by Crippen LogP contribution is 2.23. The van der Waals surface area contributed by atoms with E-state index < -0.39 is 11.7 Å². The Labute approximate surface area is 163 Å². The summed E-state index contributed by atoms with van der Waals surface area (Å²) < 4.78 is 23.9. The van der Waals surface area contributed by atoms with Gasteiger partial charge in [0.15, 0.2) is 6.61 Å². The van der Waals surface area contributed by atoms with Gasteiger partial charge in [-0.1, -0.05) is 36.4 Å². The summed E-state index contributed by atoms with van der Waals surface area (Å²) in [6, 6.07) is 15.7. The number of ether oxygens (including phenoxy) is 2. The van der Waals surface area contributed by atoms with Crippen LogP contribution in [-0.2, 0) is 9.53 Å². The highest BCUT2D eigenvalue weighted by atomic mass is 19.1. The lowest BCUT2D eigenvalue weighted by atomic mass is 10.0. The first kappa shape index (κ1) is 20.0. The molecular formula is C21H24FN3O3. The van der Waals surface area contributed by atoms with E-state index in [1.807, 2.05) is 37.3 Å². The van der Waals surface area contributed by atoms with Gasteiger partial charge in [0.2, 0.25) is 0 Å². The topological polar surface area (TPSA) is 63.2 Å². The van der Waals surface area contributed by atoms with Crippen LogP contribution in [0.4, 0.5) is 4.39 Å². The van der Waals surface area contributed by atoms with E-state index in [1.165, 1.54) is 18.2 Å². The molecule has 28 heavy (non-hydrogen) atoms. The van der Waals surface area contributed by atoms with Crippen molar-refractivity contribution in [2.75, 3.05) is 32.9 Å². The van der Waals surface area contributed by atoms with E-state index >= 15 is 0 Å². The molecule has 0 saturated carbocycles. The van der Waals surface area contributed by atoms with Crippen molar-refractivity contribution in [2.45, 2.75) is 13.0 Å². The first-order chi connectivity index (χ1) is 13.6. The van der Waals surface area contributed by atoms with Crippen molar-refractivity contribution in [3.8, 4) is 5.75 Å². The summed E-state index contributed by atoms with van der Waals surface area (Å²) in [7, 11) is 0. The number of hydrogen-bond acceptors (Lipinski definition) is 5. The molecule has 2 aromatic rings. The molecule has 0 radical (unpaired) electrons. The zero-order valence-electron chi connectivity index (χ0n) is 15.8. The summed E-state index contributed by atoms with van der Waals surface area (Å²) in [5.74, 6) is -0.522. The smallest absolute Gasteiger partial charge is 0.277 e. The zero-order chi connectivity index (χ0) is 19.8. The van der Waals surface area contributed by atoms with Gasteiger partial charge < -0.3 is 9.47 Å². The Morgan fingerprint density at radius 2 is 1.96 bits per heavy atom. The number of halogens is 1. The van der Waals surface area contributed by atoms with Crippen LogP contribution in [0.25, 0.3) is 0 Å². The molecule has 1 atom stereocenters. The number of nitrogens with zero attached hydrogens (tertiary/aromatic N) is 2. The van der Waals surface area contributed by atoms with E-state index in [0.717, 1.165) is 24.4 Å². The Hall–Kier alpha value is -2.77. The van der Waals surface area contributed by atoms with Gasteiger partial charge in [0.25, 0.3) is 5.91 Å². The Kier molecular flexibility index (Phi) is 7.11. The zero-order valence-corrected chi connectivity index (χ0v) is 15.8. The summed E-state index contributed by atoms with van der Waals surface area (Å²) in [5.41, 5.74) is 4.41. The predicted octanol–water partition coefficient (Wildman–Crippen LogP) is 2.77. The summed E-state index contributed by atoms with van der Waals surface area (Å²) in [4.78, 5) is 14.4. The van der Waals surface area contributed by atoms with E-state index in [0.29, 0.717) is 19.0 Å². The molecule has 0 aliphatic carbocycles. The third kappa shape index (κ3) is 5.61. The van der Waals surface area contributed by atoms with Crippen molar-refractivity contribution in [2.24, 2.45) is 5.10 Å². The fourth-order valence-corrected chi connectivity index (χ4v) is 3.14.